The van der Waals surface area contributed by atoms with Gasteiger partial charge in [-0.3, -0.25) is 4.79 Å². The average molecular weight is 446 g/mol. The Morgan fingerprint density at radius 2 is 1.88 bits per heavy atom. The first kappa shape index (κ1) is 23.9. The lowest BCUT2D eigenvalue weighted by Crippen LogP contribution is -2.49. The van der Waals surface area contributed by atoms with Gasteiger partial charge in [-0.1, -0.05) is 48.5 Å². The van der Waals surface area contributed by atoms with Crippen molar-refractivity contribution in [3.63, 3.8) is 0 Å². The highest BCUT2D eigenvalue weighted by Crippen LogP contribution is 2.39. The SMILES string of the molecule is C=CCN/C(=N/C#N)N[C@H]1CC[C@](CNC(=O)c2ccccc2OC)(c2ccccc2)CC1. The molecule has 1 amide bonds. The summed E-state index contributed by atoms with van der Waals surface area (Å²) in [4.78, 5) is 16.8. The van der Waals surface area contributed by atoms with E-state index < -0.39 is 0 Å². The molecular formula is C26H31N5O2. The van der Waals surface area contributed by atoms with Crippen LogP contribution in [0.3, 0.4) is 0 Å². The predicted molar refractivity (Wildman–Crippen MR) is 130 cm³/mol. The Hall–Kier alpha value is -3.79. The summed E-state index contributed by atoms with van der Waals surface area (Å²) < 4.78 is 5.35. The zero-order valence-corrected chi connectivity index (χ0v) is 19.0. The van der Waals surface area contributed by atoms with Crippen LogP contribution in [0, 0.1) is 11.5 Å². The summed E-state index contributed by atoms with van der Waals surface area (Å²) in [6.07, 6.45) is 7.12. The second-order valence-corrected chi connectivity index (χ2v) is 8.18. The maximum absolute atomic E-state index is 13.0. The van der Waals surface area contributed by atoms with Crippen LogP contribution in [-0.4, -0.2) is 38.1 Å². The molecule has 2 aromatic carbocycles. The van der Waals surface area contributed by atoms with E-state index in [4.69, 9.17) is 10.00 Å². The lowest BCUT2D eigenvalue weighted by molar-refractivity contribution is 0.0932. The van der Waals surface area contributed by atoms with Crippen LogP contribution in [0.5, 0.6) is 5.75 Å². The summed E-state index contributed by atoms with van der Waals surface area (Å²) in [5.74, 6) is 0.896. The summed E-state index contributed by atoms with van der Waals surface area (Å²) in [5, 5.41) is 18.5. The molecule has 0 radical (unpaired) electrons. The van der Waals surface area contributed by atoms with Crippen LogP contribution in [0.25, 0.3) is 0 Å². The molecule has 3 N–H and O–H groups in total. The first-order valence-corrected chi connectivity index (χ1v) is 11.2. The number of benzene rings is 2. The molecule has 0 heterocycles. The van der Waals surface area contributed by atoms with E-state index in [-0.39, 0.29) is 17.4 Å². The molecule has 3 rings (SSSR count). The van der Waals surface area contributed by atoms with E-state index in [0.717, 1.165) is 25.7 Å². The number of ether oxygens (including phenoxy) is 1. The molecule has 1 fully saturated rings. The van der Waals surface area contributed by atoms with Crippen LogP contribution in [0.2, 0.25) is 0 Å². The number of guanidine groups is 1. The van der Waals surface area contributed by atoms with Gasteiger partial charge in [0.15, 0.2) is 0 Å². The number of nitrogens with one attached hydrogen (secondary N) is 3. The Bertz CT molecular complexity index is 1000. The van der Waals surface area contributed by atoms with Gasteiger partial charge in [0.05, 0.1) is 12.7 Å². The topological polar surface area (TPSA) is 98.5 Å². The zero-order chi connectivity index (χ0) is 23.5. The average Bonchev–Trinajstić information content (AvgIpc) is 2.87. The first-order valence-electron chi connectivity index (χ1n) is 11.2. The fourth-order valence-corrected chi connectivity index (χ4v) is 4.39. The molecule has 2 aromatic rings. The van der Waals surface area contributed by atoms with E-state index in [1.165, 1.54) is 5.56 Å². The Balaban J connectivity index is 1.72. The summed E-state index contributed by atoms with van der Waals surface area (Å²) in [5.41, 5.74) is 1.58. The maximum Gasteiger partial charge on any atom is 0.255 e. The van der Waals surface area contributed by atoms with E-state index >= 15 is 0 Å². The third-order valence-corrected chi connectivity index (χ3v) is 6.18. The third kappa shape index (κ3) is 6.13. The van der Waals surface area contributed by atoms with Crippen LogP contribution >= 0.6 is 0 Å². The minimum atomic E-state index is -0.168. The van der Waals surface area contributed by atoms with Gasteiger partial charge in [0.25, 0.3) is 5.91 Å². The van der Waals surface area contributed by atoms with E-state index in [1.54, 1.807) is 25.3 Å². The zero-order valence-electron chi connectivity index (χ0n) is 19.0. The number of amides is 1. The molecule has 7 nitrogen and oxygen atoms in total. The van der Waals surface area contributed by atoms with Crippen molar-refractivity contribution < 1.29 is 9.53 Å². The number of nitrogens with zero attached hydrogens (tertiary/aromatic N) is 2. The molecule has 0 aromatic heterocycles. The molecular weight excluding hydrogens is 414 g/mol. The summed E-state index contributed by atoms with van der Waals surface area (Å²) >= 11 is 0. The van der Waals surface area contributed by atoms with Crippen molar-refractivity contribution in [3.8, 4) is 11.9 Å². The monoisotopic (exact) mass is 445 g/mol. The minimum Gasteiger partial charge on any atom is -0.496 e. The molecule has 1 aliphatic carbocycles. The summed E-state index contributed by atoms with van der Waals surface area (Å²) in [7, 11) is 1.57. The molecule has 7 heteroatoms. The molecule has 0 atom stereocenters. The molecule has 1 saturated carbocycles. The molecule has 0 unspecified atom stereocenters. The highest BCUT2D eigenvalue weighted by Gasteiger charge is 2.37. The van der Waals surface area contributed by atoms with Gasteiger partial charge in [0, 0.05) is 24.5 Å². The van der Waals surface area contributed by atoms with Crippen LogP contribution in [0.4, 0.5) is 0 Å². The number of rotatable bonds is 8. The van der Waals surface area contributed by atoms with Crippen molar-refractivity contribution in [2.24, 2.45) is 4.99 Å². The van der Waals surface area contributed by atoms with Gasteiger partial charge < -0.3 is 20.7 Å². The van der Waals surface area contributed by atoms with Crippen LogP contribution in [0.15, 0.2) is 72.2 Å². The number of hydrogen-bond acceptors (Lipinski definition) is 4. The van der Waals surface area contributed by atoms with Crippen molar-refractivity contribution in [1.29, 1.82) is 5.26 Å². The largest absolute Gasteiger partial charge is 0.496 e. The lowest BCUT2D eigenvalue weighted by Gasteiger charge is -2.41. The van der Waals surface area contributed by atoms with Gasteiger partial charge in [-0.05, 0) is 43.4 Å². The number of hydrogen-bond donors (Lipinski definition) is 3. The molecule has 0 aliphatic heterocycles. The molecule has 0 saturated heterocycles. The summed E-state index contributed by atoms with van der Waals surface area (Å²) in [6.45, 7) is 4.76. The van der Waals surface area contributed by atoms with Crippen molar-refractivity contribution in [2.45, 2.75) is 37.1 Å². The Labute approximate surface area is 195 Å². The minimum absolute atomic E-state index is 0.139. The predicted octanol–water partition coefficient (Wildman–Crippen LogP) is 3.51. The molecule has 1 aliphatic rings. The number of carbonyl (C=O) groups excluding carboxylic acids is 1. The molecule has 0 bridgehead atoms. The number of nitriles is 1. The highest BCUT2D eigenvalue weighted by molar-refractivity contribution is 5.97. The Kier molecular flexibility index (Phi) is 8.48. The molecule has 33 heavy (non-hydrogen) atoms. The highest BCUT2D eigenvalue weighted by atomic mass is 16.5. The van der Waals surface area contributed by atoms with Gasteiger partial charge in [-0.2, -0.15) is 5.26 Å². The maximum atomic E-state index is 13.0. The number of para-hydroxylation sites is 1. The normalized spacial score (nSPS) is 20.2. The Morgan fingerprint density at radius 3 is 2.55 bits per heavy atom. The second-order valence-electron chi connectivity index (χ2n) is 8.18. The van der Waals surface area contributed by atoms with E-state index in [9.17, 15) is 4.79 Å². The van der Waals surface area contributed by atoms with Gasteiger partial charge >= 0.3 is 0 Å². The molecule has 0 spiro atoms. The Morgan fingerprint density at radius 1 is 1.18 bits per heavy atom. The fourth-order valence-electron chi connectivity index (χ4n) is 4.39. The van der Waals surface area contributed by atoms with Gasteiger partial charge in [-0.15, -0.1) is 11.6 Å². The first-order chi connectivity index (χ1) is 16.1. The van der Waals surface area contributed by atoms with Crippen LogP contribution in [-0.2, 0) is 5.41 Å². The number of carbonyl (C=O) groups is 1. The van der Waals surface area contributed by atoms with Crippen LogP contribution in [0.1, 0.15) is 41.6 Å². The van der Waals surface area contributed by atoms with Crippen LogP contribution < -0.4 is 20.7 Å². The third-order valence-electron chi connectivity index (χ3n) is 6.18. The number of methoxy groups -OCH3 is 1. The summed E-state index contributed by atoms with van der Waals surface area (Å²) in [6, 6.07) is 17.8. The van der Waals surface area contributed by atoms with E-state index in [2.05, 4.69) is 39.7 Å². The van der Waals surface area contributed by atoms with Gasteiger partial charge in [-0.25, -0.2) is 0 Å². The van der Waals surface area contributed by atoms with Crippen molar-refractivity contribution in [2.75, 3.05) is 20.2 Å². The smallest absolute Gasteiger partial charge is 0.255 e. The number of aliphatic imine (C=N–C) groups is 1. The van der Waals surface area contributed by atoms with Crippen molar-refractivity contribution >= 4 is 11.9 Å². The van der Waals surface area contributed by atoms with E-state index in [0.29, 0.717) is 30.4 Å². The lowest BCUT2D eigenvalue weighted by atomic mass is 9.68. The van der Waals surface area contributed by atoms with Crippen molar-refractivity contribution in [3.05, 3.63) is 78.4 Å². The van der Waals surface area contributed by atoms with Gasteiger partial charge in [0.1, 0.15) is 5.75 Å². The quantitative estimate of drug-likeness (QED) is 0.250. The van der Waals surface area contributed by atoms with Gasteiger partial charge in [0.2, 0.25) is 12.2 Å². The standard InChI is InChI=1S/C26H31N5O2/c1-3-17-28-25(30-19-27)31-21-13-15-26(16-14-21,20-9-5-4-6-10-20)18-29-24(32)22-11-7-8-12-23(22)33-2/h3-12,21H,1,13-18H2,2H3,(H,29,32)(H2,28,30,31)/t21-,26-. The second kappa shape index (κ2) is 11.7. The fraction of sp³-hybridized carbons (Fsp3) is 0.346. The van der Waals surface area contributed by atoms with Crippen molar-refractivity contribution in [1.82, 2.24) is 16.0 Å². The molecule has 172 valence electrons. The van der Waals surface area contributed by atoms with E-state index in [1.807, 2.05) is 36.5 Å².